The first-order valence-electron chi connectivity index (χ1n) is 12.5. The molecule has 1 aliphatic carbocycles. The molecule has 2 aliphatic heterocycles. The molecule has 8 heteroatoms. The number of amides is 1. The lowest BCUT2D eigenvalue weighted by molar-refractivity contribution is -0.134. The van der Waals surface area contributed by atoms with Gasteiger partial charge in [-0.25, -0.2) is 9.97 Å². The Labute approximate surface area is 226 Å². The first-order valence-corrected chi connectivity index (χ1v) is 12.9. The molecule has 5 nitrogen and oxygen atoms in total. The summed E-state index contributed by atoms with van der Waals surface area (Å²) in [5.41, 5.74) is 4.99. The molecule has 0 radical (unpaired) electrons. The van der Waals surface area contributed by atoms with Gasteiger partial charge in [-0.2, -0.15) is 0 Å². The number of hydrogen-bond donors (Lipinski definition) is 1. The van der Waals surface area contributed by atoms with Crippen LogP contribution in [0.25, 0.3) is 0 Å². The van der Waals surface area contributed by atoms with Crippen LogP contribution in [0.4, 0.5) is 0 Å². The second-order valence-electron chi connectivity index (χ2n) is 10.9. The number of hydrogen-bond acceptors (Lipinski definition) is 4. The monoisotopic (exact) mass is 538 g/mol. The fourth-order valence-electron chi connectivity index (χ4n) is 6.21. The number of nitrogens with zero attached hydrogens (tertiary/aromatic N) is 3. The quantitative estimate of drug-likeness (QED) is 0.514. The summed E-state index contributed by atoms with van der Waals surface area (Å²) in [6, 6.07) is 8.00. The minimum atomic E-state index is -0.177. The Hall–Kier alpha value is -1.40. The zero-order valence-corrected chi connectivity index (χ0v) is 23.2. The van der Waals surface area contributed by atoms with Crippen LogP contribution in [0, 0.1) is 0 Å². The van der Waals surface area contributed by atoms with E-state index in [0.717, 1.165) is 50.8 Å². The van der Waals surface area contributed by atoms with E-state index in [9.17, 15) is 4.79 Å². The van der Waals surface area contributed by atoms with Crippen molar-refractivity contribution in [2.45, 2.75) is 88.6 Å². The highest BCUT2D eigenvalue weighted by Crippen LogP contribution is 2.40. The van der Waals surface area contributed by atoms with Gasteiger partial charge in [-0.05, 0) is 81.5 Å². The lowest BCUT2D eigenvalue weighted by Crippen LogP contribution is -2.48. The minimum absolute atomic E-state index is 0. The third-order valence-corrected chi connectivity index (χ3v) is 8.30. The average Bonchev–Trinajstić information content (AvgIpc) is 3.37. The number of aromatic nitrogens is 2. The molecule has 2 saturated heterocycles. The molecular weight excluding hydrogens is 503 g/mol. The Kier molecular flexibility index (Phi) is 9.12. The largest absolute Gasteiger partial charge is 0.342 e. The van der Waals surface area contributed by atoms with Crippen molar-refractivity contribution in [1.29, 1.82) is 0 Å². The number of halogens is 3. The third kappa shape index (κ3) is 5.79. The molecule has 192 valence electrons. The maximum atomic E-state index is 13.9. The first-order chi connectivity index (χ1) is 15.8. The molecule has 0 unspecified atom stereocenters. The van der Waals surface area contributed by atoms with Crippen LogP contribution < -0.4 is 5.32 Å². The van der Waals surface area contributed by atoms with Crippen LogP contribution in [0.3, 0.4) is 0 Å². The Morgan fingerprint density at radius 2 is 1.77 bits per heavy atom. The molecule has 5 rings (SSSR count). The van der Waals surface area contributed by atoms with Crippen molar-refractivity contribution in [3.8, 4) is 0 Å². The Morgan fingerprint density at radius 1 is 1.09 bits per heavy atom. The lowest BCUT2D eigenvalue weighted by atomic mass is 9.85. The van der Waals surface area contributed by atoms with Gasteiger partial charge in [-0.1, -0.05) is 30.7 Å². The van der Waals surface area contributed by atoms with E-state index >= 15 is 0 Å². The van der Waals surface area contributed by atoms with E-state index in [4.69, 9.17) is 16.6 Å². The van der Waals surface area contributed by atoms with Gasteiger partial charge in [0.25, 0.3) is 0 Å². The normalized spacial score (nSPS) is 24.3. The van der Waals surface area contributed by atoms with Crippen molar-refractivity contribution in [2.24, 2.45) is 0 Å². The van der Waals surface area contributed by atoms with Crippen molar-refractivity contribution in [3.63, 3.8) is 0 Å². The molecule has 0 bridgehead atoms. The highest BCUT2D eigenvalue weighted by Gasteiger charge is 2.41. The Balaban J connectivity index is 0.00000171. The number of rotatable bonds is 4. The number of carbonyl (C=O) groups is 1. The zero-order valence-electron chi connectivity index (χ0n) is 20.8. The van der Waals surface area contributed by atoms with Crippen LogP contribution in [-0.2, 0) is 11.2 Å². The first kappa shape index (κ1) is 28.2. The third-order valence-electron chi connectivity index (χ3n) is 8.05. The fraction of sp³-hybridized carbons (Fsp3) is 0.593. The SMILES string of the molecule is C[C@@H]1CCc2ncnc(C3CCN(C(=O)[C@@H](c4ccc(Cl)cc4)[C@@H]4CCC(C)(C)N4)CC3)c21.Cl.Cl. The summed E-state index contributed by atoms with van der Waals surface area (Å²) in [6.07, 6.45) is 8.01. The van der Waals surface area contributed by atoms with Crippen molar-refractivity contribution < 1.29 is 4.79 Å². The highest BCUT2D eigenvalue weighted by atomic mass is 35.5. The summed E-state index contributed by atoms with van der Waals surface area (Å²) in [7, 11) is 0. The molecule has 1 aromatic heterocycles. The fourth-order valence-corrected chi connectivity index (χ4v) is 6.33. The van der Waals surface area contributed by atoms with Crippen molar-refractivity contribution >= 4 is 42.3 Å². The van der Waals surface area contributed by atoms with E-state index in [2.05, 4.69) is 36.0 Å². The molecule has 1 amide bonds. The summed E-state index contributed by atoms with van der Waals surface area (Å²) in [5, 5.41) is 4.44. The maximum absolute atomic E-state index is 13.9. The molecule has 0 spiro atoms. The summed E-state index contributed by atoms with van der Waals surface area (Å²) in [6.45, 7) is 8.32. The van der Waals surface area contributed by atoms with Gasteiger partial charge in [0.15, 0.2) is 0 Å². The number of fused-ring (bicyclic) bond motifs is 1. The number of aryl methyl sites for hydroxylation is 1. The predicted molar refractivity (Wildman–Crippen MR) is 146 cm³/mol. The van der Waals surface area contributed by atoms with Gasteiger partial charge in [0.05, 0.1) is 11.6 Å². The van der Waals surface area contributed by atoms with E-state index in [-0.39, 0.29) is 48.2 Å². The Morgan fingerprint density at radius 3 is 2.40 bits per heavy atom. The number of piperidine rings is 1. The van der Waals surface area contributed by atoms with Crippen LogP contribution in [0.5, 0.6) is 0 Å². The van der Waals surface area contributed by atoms with Crippen LogP contribution in [0.2, 0.25) is 5.02 Å². The van der Waals surface area contributed by atoms with Crippen LogP contribution in [0.1, 0.15) is 93.1 Å². The second kappa shape index (κ2) is 11.3. The predicted octanol–water partition coefficient (Wildman–Crippen LogP) is 6.04. The molecule has 35 heavy (non-hydrogen) atoms. The molecule has 1 aromatic carbocycles. The molecule has 0 saturated carbocycles. The smallest absolute Gasteiger partial charge is 0.231 e. The van der Waals surface area contributed by atoms with Gasteiger partial charge in [0.1, 0.15) is 6.33 Å². The number of carbonyl (C=O) groups excluding carboxylic acids is 1. The van der Waals surface area contributed by atoms with Crippen molar-refractivity contribution in [1.82, 2.24) is 20.2 Å². The van der Waals surface area contributed by atoms with Gasteiger partial charge in [-0.15, -0.1) is 24.8 Å². The van der Waals surface area contributed by atoms with Gasteiger partial charge >= 0.3 is 0 Å². The van der Waals surface area contributed by atoms with Crippen LogP contribution in [0.15, 0.2) is 30.6 Å². The van der Waals surface area contributed by atoms with Gasteiger partial charge in [0, 0.05) is 41.3 Å². The van der Waals surface area contributed by atoms with E-state index in [0.29, 0.717) is 16.9 Å². The zero-order chi connectivity index (χ0) is 23.2. The number of nitrogens with one attached hydrogen (secondary N) is 1. The van der Waals surface area contributed by atoms with Crippen LogP contribution >= 0.6 is 36.4 Å². The molecule has 1 N–H and O–H groups in total. The van der Waals surface area contributed by atoms with E-state index in [1.807, 2.05) is 24.3 Å². The van der Waals surface area contributed by atoms with E-state index < -0.39 is 0 Å². The van der Waals surface area contributed by atoms with Gasteiger partial charge in [-0.3, -0.25) is 4.79 Å². The lowest BCUT2D eigenvalue weighted by Gasteiger charge is -2.36. The molecule has 3 heterocycles. The second-order valence-corrected chi connectivity index (χ2v) is 11.3. The standard InChI is InChI=1S/C27H35ClN4O.2ClH/c1-17-4-9-21-23(17)25(30-16-29-21)19-11-14-32(15-12-19)26(33)24(18-5-7-20(28)8-6-18)22-10-13-27(2,3)31-22;;/h5-8,16-17,19,22,24,31H,4,9-15H2,1-3H3;2*1H/t17-,22+,24+;;/m1../s1. The van der Waals surface area contributed by atoms with Crippen LogP contribution in [-0.4, -0.2) is 45.4 Å². The average molecular weight is 540 g/mol. The number of benzene rings is 1. The van der Waals surface area contributed by atoms with E-state index in [1.54, 1.807) is 6.33 Å². The summed E-state index contributed by atoms with van der Waals surface area (Å²) in [5.74, 6) is 1.03. The maximum Gasteiger partial charge on any atom is 0.231 e. The summed E-state index contributed by atoms with van der Waals surface area (Å²) < 4.78 is 0. The molecular formula is C27H37Cl3N4O. The number of likely N-dealkylation sites (tertiary alicyclic amines) is 1. The Bertz CT molecular complexity index is 1020. The molecule has 3 atom stereocenters. The van der Waals surface area contributed by atoms with Gasteiger partial charge in [0.2, 0.25) is 5.91 Å². The molecule has 2 fully saturated rings. The minimum Gasteiger partial charge on any atom is -0.342 e. The van der Waals surface area contributed by atoms with Gasteiger partial charge < -0.3 is 10.2 Å². The molecule has 2 aromatic rings. The van der Waals surface area contributed by atoms with Crippen molar-refractivity contribution in [2.75, 3.05) is 13.1 Å². The highest BCUT2D eigenvalue weighted by molar-refractivity contribution is 6.30. The summed E-state index contributed by atoms with van der Waals surface area (Å²) >= 11 is 6.15. The summed E-state index contributed by atoms with van der Waals surface area (Å²) in [4.78, 5) is 25.2. The molecule has 3 aliphatic rings. The topological polar surface area (TPSA) is 58.1 Å². The van der Waals surface area contributed by atoms with Crippen molar-refractivity contribution in [3.05, 3.63) is 58.1 Å². The van der Waals surface area contributed by atoms with E-state index in [1.165, 1.54) is 23.4 Å².